The van der Waals surface area contributed by atoms with Crippen LogP contribution < -0.4 is 11.1 Å². The van der Waals surface area contributed by atoms with Crippen LogP contribution in [0.3, 0.4) is 0 Å². The van der Waals surface area contributed by atoms with Crippen LogP contribution >= 0.6 is 11.3 Å². The largest absolute Gasteiger partial charge is 0.358 e. The lowest BCUT2D eigenvalue weighted by atomic mass is 10.2. The zero-order chi connectivity index (χ0) is 13.7. The predicted molar refractivity (Wildman–Crippen MR) is 77.8 cm³/mol. The van der Waals surface area contributed by atoms with Gasteiger partial charge in [0.1, 0.15) is 0 Å². The number of rotatable bonds is 3. The lowest BCUT2D eigenvalue weighted by molar-refractivity contribution is -0.125. The molecule has 1 aliphatic rings. The van der Waals surface area contributed by atoms with Crippen LogP contribution in [-0.2, 0) is 11.3 Å². The molecule has 1 aromatic rings. The summed E-state index contributed by atoms with van der Waals surface area (Å²) in [7, 11) is 1.70. The average Bonchev–Trinajstić information content (AvgIpc) is 3.05. The van der Waals surface area contributed by atoms with Crippen molar-refractivity contribution in [3.8, 4) is 11.8 Å². The van der Waals surface area contributed by atoms with Crippen molar-refractivity contribution in [3.05, 3.63) is 21.9 Å². The van der Waals surface area contributed by atoms with Crippen LogP contribution in [0.4, 0.5) is 0 Å². The average molecular weight is 277 g/mol. The minimum absolute atomic E-state index is 0.0191. The quantitative estimate of drug-likeness (QED) is 0.802. The molecule has 0 aromatic carbocycles. The molecule has 2 heterocycles. The van der Waals surface area contributed by atoms with Crippen LogP contribution in [0, 0.1) is 11.8 Å². The number of likely N-dealkylation sites (N-methyl/N-ethyl adjacent to an activating group) is 1. The molecule has 0 bridgehead atoms. The highest BCUT2D eigenvalue weighted by molar-refractivity contribution is 7.10. The van der Waals surface area contributed by atoms with Gasteiger partial charge in [0, 0.05) is 29.4 Å². The van der Waals surface area contributed by atoms with E-state index in [1.807, 2.05) is 5.38 Å². The highest BCUT2D eigenvalue weighted by atomic mass is 32.1. The SMILES string of the molecule is CNC(=O)C1CCCN1Cc1cc(C#CCN)cs1. The smallest absolute Gasteiger partial charge is 0.237 e. The van der Waals surface area contributed by atoms with Crippen molar-refractivity contribution in [1.29, 1.82) is 0 Å². The summed E-state index contributed by atoms with van der Waals surface area (Å²) in [4.78, 5) is 15.3. The zero-order valence-corrected chi connectivity index (χ0v) is 11.9. The van der Waals surface area contributed by atoms with E-state index in [4.69, 9.17) is 5.73 Å². The van der Waals surface area contributed by atoms with Crippen molar-refractivity contribution in [2.45, 2.75) is 25.4 Å². The van der Waals surface area contributed by atoms with E-state index in [2.05, 4.69) is 28.1 Å². The Morgan fingerprint density at radius 2 is 2.53 bits per heavy atom. The molecule has 0 aliphatic carbocycles. The van der Waals surface area contributed by atoms with E-state index in [1.54, 1.807) is 18.4 Å². The number of nitrogens with zero attached hydrogens (tertiary/aromatic N) is 1. The molecule has 1 saturated heterocycles. The van der Waals surface area contributed by atoms with Crippen molar-refractivity contribution in [3.63, 3.8) is 0 Å². The lowest BCUT2D eigenvalue weighted by Gasteiger charge is -2.22. The Bertz CT molecular complexity index is 500. The maximum atomic E-state index is 11.8. The van der Waals surface area contributed by atoms with Crippen molar-refractivity contribution in [2.75, 3.05) is 20.1 Å². The van der Waals surface area contributed by atoms with E-state index in [-0.39, 0.29) is 11.9 Å². The van der Waals surface area contributed by atoms with Crippen molar-refractivity contribution >= 4 is 17.2 Å². The number of hydrogen-bond donors (Lipinski definition) is 2. The number of nitrogens with two attached hydrogens (primary N) is 1. The molecule has 0 radical (unpaired) electrons. The van der Waals surface area contributed by atoms with Gasteiger partial charge in [-0.3, -0.25) is 9.69 Å². The molecule has 1 aliphatic heterocycles. The molecule has 1 aromatic heterocycles. The van der Waals surface area contributed by atoms with E-state index in [0.29, 0.717) is 6.54 Å². The Kier molecular flexibility index (Phi) is 4.97. The van der Waals surface area contributed by atoms with Gasteiger partial charge in [-0.05, 0) is 25.5 Å². The summed E-state index contributed by atoms with van der Waals surface area (Å²) in [5.74, 6) is 6.01. The van der Waals surface area contributed by atoms with Gasteiger partial charge in [-0.1, -0.05) is 11.8 Å². The molecule has 1 unspecified atom stereocenters. The third-order valence-electron chi connectivity index (χ3n) is 3.26. The van der Waals surface area contributed by atoms with Crippen LogP contribution in [-0.4, -0.2) is 37.0 Å². The van der Waals surface area contributed by atoms with Gasteiger partial charge in [0.05, 0.1) is 12.6 Å². The molecular formula is C14H19N3OS. The highest BCUT2D eigenvalue weighted by Crippen LogP contribution is 2.23. The van der Waals surface area contributed by atoms with Gasteiger partial charge < -0.3 is 11.1 Å². The van der Waals surface area contributed by atoms with Gasteiger partial charge in [-0.2, -0.15) is 0 Å². The topological polar surface area (TPSA) is 58.4 Å². The first kappa shape index (κ1) is 14.1. The summed E-state index contributed by atoms with van der Waals surface area (Å²) in [5.41, 5.74) is 6.37. The molecule has 3 N–H and O–H groups in total. The summed E-state index contributed by atoms with van der Waals surface area (Å²) in [5, 5.41) is 4.79. The van der Waals surface area contributed by atoms with Crippen molar-refractivity contribution in [1.82, 2.24) is 10.2 Å². The number of carbonyl (C=O) groups is 1. The van der Waals surface area contributed by atoms with Crippen molar-refractivity contribution in [2.24, 2.45) is 5.73 Å². The van der Waals surface area contributed by atoms with Crippen LogP contribution in [0.25, 0.3) is 0 Å². The minimum atomic E-state index is 0.0191. The summed E-state index contributed by atoms with van der Waals surface area (Å²) in [6.45, 7) is 2.20. The van der Waals surface area contributed by atoms with Crippen LogP contribution in [0.1, 0.15) is 23.3 Å². The first-order valence-corrected chi connectivity index (χ1v) is 7.34. The van der Waals surface area contributed by atoms with E-state index in [1.165, 1.54) is 4.88 Å². The van der Waals surface area contributed by atoms with Gasteiger partial charge >= 0.3 is 0 Å². The molecule has 19 heavy (non-hydrogen) atoms. The predicted octanol–water partition coefficient (Wildman–Crippen LogP) is 0.769. The van der Waals surface area contributed by atoms with E-state index < -0.39 is 0 Å². The van der Waals surface area contributed by atoms with E-state index in [0.717, 1.165) is 31.5 Å². The van der Waals surface area contributed by atoms with Gasteiger partial charge in [0.25, 0.3) is 0 Å². The summed E-state index contributed by atoms with van der Waals surface area (Å²) in [6.07, 6.45) is 2.04. The normalized spacial score (nSPS) is 18.9. The third-order valence-corrected chi connectivity index (χ3v) is 4.18. The first-order chi connectivity index (χ1) is 9.24. The molecule has 0 spiro atoms. The Morgan fingerprint density at radius 3 is 3.26 bits per heavy atom. The molecular weight excluding hydrogens is 258 g/mol. The molecule has 1 atom stereocenters. The Hall–Kier alpha value is -1.35. The maximum absolute atomic E-state index is 11.8. The Morgan fingerprint density at radius 1 is 1.68 bits per heavy atom. The first-order valence-electron chi connectivity index (χ1n) is 6.46. The van der Waals surface area contributed by atoms with Gasteiger partial charge in [-0.15, -0.1) is 11.3 Å². The van der Waals surface area contributed by atoms with E-state index in [9.17, 15) is 4.79 Å². The number of thiophene rings is 1. The van der Waals surface area contributed by atoms with Gasteiger partial charge in [-0.25, -0.2) is 0 Å². The third kappa shape index (κ3) is 3.57. The fourth-order valence-electron chi connectivity index (χ4n) is 2.36. The van der Waals surface area contributed by atoms with E-state index >= 15 is 0 Å². The van der Waals surface area contributed by atoms with Crippen molar-refractivity contribution < 1.29 is 4.79 Å². The molecule has 5 heteroatoms. The second-order valence-corrected chi connectivity index (χ2v) is 5.55. The van der Waals surface area contributed by atoms with Crippen LogP contribution in [0.2, 0.25) is 0 Å². The number of likely N-dealkylation sites (tertiary alicyclic amines) is 1. The zero-order valence-electron chi connectivity index (χ0n) is 11.1. The van der Waals surface area contributed by atoms with Gasteiger partial charge in [0.15, 0.2) is 0 Å². The summed E-state index contributed by atoms with van der Waals surface area (Å²) >= 11 is 1.69. The number of hydrogen-bond acceptors (Lipinski definition) is 4. The summed E-state index contributed by atoms with van der Waals surface area (Å²) in [6, 6.07) is 2.11. The summed E-state index contributed by atoms with van der Waals surface area (Å²) < 4.78 is 0. The number of carbonyl (C=O) groups excluding carboxylic acids is 1. The molecule has 1 fully saturated rings. The lowest BCUT2D eigenvalue weighted by Crippen LogP contribution is -2.41. The Labute approximate surface area is 118 Å². The fraction of sp³-hybridized carbons (Fsp3) is 0.500. The van der Waals surface area contributed by atoms with Crippen LogP contribution in [0.5, 0.6) is 0 Å². The highest BCUT2D eigenvalue weighted by Gasteiger charge is 2.29. The molecule has 1 amide bonds. The second kappa shape index (κ2) is 6.71. The fourth-order valence-corrected chi connectivity index (χ4v) is 3.20. The second-order valence-electron chi connectivity index (χ2n) is 4.55. The molecule has 4 nitrogen and oxygen atoms in total. The monoisotopic (exact) mass is 277 g/mol. The van der Waals surface area contributed by atoms with Crippen LogP contribution in [0.15, 0.2) is 11.4 Å². The standard InChI is InChI=1S/C14H19N3OS/c1-16-14(18)13-5-3-7-17(13)9-12-8-11(10-19-12)4-2-6-15/h8,10,13H,3,5-7,9,15H2,1H3,(H,16,18). The molecule has 102 valence electrons. The minimum Gasteiger partial charge on any atom is -0.358 e. The van der Waals surface area contributed by atoms with Gasteiger partial charge in [0.2, 0.25) is 5.91 Å². The Balaban J connectivity index is 2.00. The number of amides is 1. The maximum Gasteiger partial charge on any atom is 0.237 e. The molecule has 0 saturated carbocycles. The number of nitrogens with one attached hydrogen (secondary N) is 1. The molecule has 2 rings (SSSR count).